The van der Waals surface area contributed by atoms with E-state index in [9.17, 15) is 35.8 Å². The maximum Gasteiger partial charge on any atom is 0.406 e. The number of aryl methyl sites for hydroxylation is 1. The minimum atomic E-state index is -4.50. The van der Waals surface area contributed by atoms with Crippen molar-refractivity contribution in [3.8, 4) is 6.07 Å². The largest absolute Gasteiger partial charge is 0.406 e. The zero-order chi connectivity index (χ0) is 35.1. The third-order valence-electron chi connectivity index (χ3n) is 9.42. The van der Waals surface area contributed by atoms with Gasteiger partial charge in [-0.25, -0.2) is 18.5 Å². The van der Waals surface area contributed by atoms with Crippen LogP contribution in [0.15, 0.2) is 30.6 Å². The van der Waals surface area contributed by atoms with Gasteiger partial charge in [0.1, 0.15) is 34.8 Å². The molecule has 0 saturated carbocycles. The van der Waals surface area contributed by atoms with Crippen molar-refractivity contribution in [2.24, 2.45) is 0 Å². The maximum absolute atomic E-state index is 13.7. The summed E-state index contributed by atoms with van der Waals surface area (Å²) in [5, 5.41) is 14.9. The van der Waals surface area contributed by atoms with Crippen molar-refractivity contribution in [3.63, 3.8) is 0 Å². The number of nitriles is 1. The van der Waals surface area contributed by atoms with Crippen LogP contribution >= 0.6 is 11.3 Å². The highest BCUT2D eigenvalue weighted by Crippen LogP contribution is 2.34. The molecule has 3 aromatic heterocycles. The number of anilines is 1. The van der Waals surface area contributed by atoms with Crippen LogP contribution in [0.25, 0.3) is 21.1 Å². The van der Waals surface area contributed by atoms with Crippen molar-refractivity contribution in [2.75, 3.05) is 50.8 Å². The van der Waals surface area contributed by atoms with Crippen molar-refractivity contribution >= 4 is 49.3 Å². The number of nitrogens with zero attached hydrogens (tertiary/aromatic N) is 7. The lowest BCUT2D eigenvalue weighted by molar-refractivity contribution is -0.182. The highest BCUT2D eigenvalue weighted by Gasteiger charge is 2.47. The number of piperidine rings is 1. The van der Waals surface area contributed by atoms with Crippen molar-refractivity contribution in [3.05, 3.63) is 52.3 Å². The zero-order valence-corrected chi connectivity index (χ0v) is 28.6. The number of alkyl halides is 6. The van der Waals surface area contributed by atoms with Crippen molar-refractivity contribution in [1.29, 1.82) is 5.26 Å². The van der Waals surface area contributed by atoms with Crippen molar-refractivity contribution in [2.45, 2.75) is 63.7 Å². The molecule has 17 heteroatoms. The lowest BCUT2D eigenvalue weighted by atomic mass is 10.0. The first kappa shape index (κ1) is 35.5. The number of piperazine rings is 1. The molecule has 0 amide bonds. The Kier molecular flexibility index (Phi) is 10.3. The van der Waals surface area contributed by atoms with Gasteiger partial charge in [-0.15, -0.1) is 11.3 Å². The second-order valence-electron chi connectivity index (χ2n) is 12.6. The van der Waals surface area contributed by atoms with Crippen molar-refractivity contribution in [1.82, 2.24) is 28.6 Å². The van der Waals surface area contributed by atoms with E-state index in [2.05, 4.69) is 26.3 Å². The first-order chi connectivity index (χ1) is 23.2. The summed E-state index contributed by atoms with van der Waals surface area (Å²) in [6.45, 7) is 5.11. The van der Waals surface area contributed by atoms with E-state index in [1.807, 2.05) is 29.7 Å². The molecule has 2 fully saturated rings. The average molecular weight is 727 g/mol. The van der Waals surface area contributed by atoms with Gasteiger partial charge >= 0.3 is 12.4 Å². The molecule has 0 bridgehead atoms. The monoisotopic (exact) mass is 726 g/mol. The number of aromatic nitrogens is 3. The van der Waals surface area contributed by atoms with Crippen LogP contribution in [0.1, 0.15) is 34.5 Å². The van der Waals surface area contributed by atoms with Gasteiger partial charge in [0.05, 0.1) is 22.8 Å². The highest BCUT2D eigenvalue weighted by molar-refractivity contribution is 7.81. The summed E-state index contributed by atoms with van der Waals surface area (Å²) in [5.41, 5.74) is 3.45. The first-order valence-electron chi connectivity index (χ1n) is 15.9. The van der Waals surface area contributed by atoms with E-state index in [1.54, 1.807) is 4.90 Å². The molecule has 4 aromatic rings. The number of hydrogen-bond acceptors (Lipinski definition) is 8. The molecule has 2 aliphatic rings. The fourth-order valence-corrected chi connectivity index (χ4v) is 8.75. The number of likely N-dealkylation sites (tertiary alicyclic amines) is 1. The van der Waals surface area contributed by atoms with Crippen LogP contribution in [-0.2, 0) is 30.5 Å². The predicted octanol–water partition coefficient (Wildman–Crippen LogP) is 5.85. The van der Waals surface area contributed by atoms with Gasteiger partial charge in [-0.2, -0.15) is 31.6 Å². The molecule has 2 unspecified atom stereocenters. The van der Waals surface area contributed by atoms with Crippen LogP contribution in [0.5, 0.6) is 0 Å². The Morgan fingerprint density at radius 3 is 2.45 bits per heavy atom. The fourth-order valence-electron chi connectivity index (χ4n) is 6.84. The molecule has 0 radical (unpaired) electrons. The third kappa shape index (κ3) is 8.04. The topological polar surface area (TPSA) is 93.3 Å². The number of hydrogen-bond donors (Lipinski definition) is 1. The highest BCUT2D eigenvalue weighted by atomic mass is 32.2. The summed E-state index contributed by atoms with van der Waals surface area (Å²) in [5.74, 6) is 0.548. The quantitative estimate of drug-likeness (QED) is 0.217. The van der Waals surface area contributed by atoms with Crippen LogP contribution in [-0.4, -0.2) is 103 Å². The molecular weight excluding hydrogens is 691 g/mol. The zero-order valence-electron chi connectivity index (χ0n) is 26.9. The SMILES string of the molecule is Cc1c(CN2CCC(Nc3ncnc4sc(CC(F)(F)F)cc34)CC2)ccc2c1cc(C#N)n2CCN1CCN(S(C)=O)C(C(F)(F)F)C1. The standard InChI is InChI=1S/C32H36F6N8OS2/c1-20-21(17-43-7-5-22(6-8-43)42-29-26-14-24(15-31(33,34)35)48-30(26)41-19-40-29)3-4-27-25(20)13-23(16-39)45(27)11-9-44-10-12-46(49(2)47)28(18-44)32(36,37)38/h3-4,13-14,19,22,28H,5-12,15,17-18H2,1-2H3,(H,40,41,42). The number of halogens is 6. The summed E-state index contributed by atoms with van der Waals surface area (Å²) in [6, 6.07) is 7.92. The normalized spacial score (nSPS) is 19.9. The molecule has 2 saturated heterocycles. The molecule has 49 heavy (non-hydrogen) atoms. The van der Waals surface area contributed by atoms with Gasteiger partial charge in [0.15, 0.2) is 0 Å². The summed E-state index contributed by atoms with van der Waals surface area (Å²) < 4.78 is 94.8. The Morgan fingerprint density at radius 2 is 1.78 bits per heavy atom. The summed E-state index contributed by atoms with van der Waals surface area (Å²) >= 11 is 1.03. The van der Waals surface area contributed by atoms with Crippen LogP contribution in [0.3, 0.4) is 0 Å². The Morgan fingerprint density at radius 1 is 1.02 bits per heavy atom. The molecule has 1 N–H and O–H groups in total. The molecule has 264 valence electrons. The molecule has 5 heterocycles. The molecule has 6 rings (SSSR count). The lowest BCUT2D eigenvalue weighted by Gasteiger charge is -2.40. The summed E-state index contributed by atoms with van der Waals surface area (Å²) in [6.07, 6.45) is -5.50. The summed E-state index contributed by atoms with van der Waals surface area (Å²) in [7, 11) is -1.73. The number of thiophene rings is 1. The Hall–Kier alpha value is -3.30. The fraction of sp³-hybridized carbons (Fsp3) is 0.531. The number of nitrogens with one attached hydrogen (secondary N) is 1. The van der Waals surface area contributed by atoms with Gasteiger partial charge in [-0.3, -0.25) is 9.80 Å². The van der Waals surface area contributed by atoms with Crippen LogP contribution in [0, 0.1) is 18.3 Å². The van der Waals surface area contributed by atoms with Gasteiger partial charge in [0, 0.05) is 80.4 Å². The van der Waals surface area contributed by atoms with Gasteiger partial charge < -0.3 is 9.88 Å². The van der Waals surface area contributed by atoms with Crippen LogP contribution in [0.4, 0.5) is 32.2 Å². The molecule has 0 aliphatic carbocycles. The minimum Gasteiger partial charge on any atom is -0.367 e. The second-order valence-corrected chi connectivity index (χ2v) is 15.1. The second kappa shape index (κ2) is 14.1. The van der Waals surface area contributed by atoms with Crippen molar-refractivity contribution < 1.29 is 30.6 Å². The van der Waals surface area contributed by atoms with Gasteiger partial charge in [0.2, 0.25) is 0 Å². The Balaban J connectivity index is 1.08. The molecular formula is C32H36F6N8OS2. The van der Waals surface area contributed by atoms with E-state index in [-0.39, 0.29) is 24.0 Å². The average Bonchev–Trinajstić information content (AvgIpc) is 3.62. The van der Waals surface area contributed by atoms with Crippen LogP contribution < -0.4 is 5.32 Å². The van der Waals surface area contributed by atoms with E-state index in [4.69, 9.17) is 0 Å². The van der Waals surface area contributed by atoms with E-state index in [1.165, 1.54) is 18.6 Å². The molecule has 2 atom stereocenters. The van der Waals surface area contributed by atoms with Crippen LogP contribution in [0.2, 0.25) is 0 Å². The number of benzene rings is 1. The maximum atomic E-state index is 13.7. The van der Waals surface area contributed by atoms with Gasteiger partial charge in [-0.1, -0.05) is 6.07 Å². The number of fused-ring (bicyclic) bond motifs is 2. The third-order valence-corrected chi connectivity index (χ3v) is 11.6. The summed E-state index contributed by atoms with van der Waals surface area (Å²) in [4.78, 5) is 13.3. The molecule has 9 nitrogen and oxygen atoms in total. The first-order valence-corrected chi connectivity index (χ1v) is 18.2. The van der Waals surface area contributed by atoms with Gasteiger partial charge in [-0.05, 0) is 49.1 Å². The number of rotatable bonds is 9. The van der Waals surface area contributed by atoms with E-state index >= 15 is 0 Å². The Labute approximate surface area is 286 Å². The molecule has 1 aromatic carbocycles. The minimum absolute atomic E-state index is 0.0475. The smallest absolute Gasteiger partial charge is 0.367 e. The Bertz CT molecular complexity index is 1880. The van der Waals surface area contributed by atoms with E-state index in [0.717, 1.165) is 63.6 Å². The van der Waals surface area contributed by atoms with E-state index < -0.39 is 35.8 Å². The predicted molar refractivity (Wildman–Crippen MR) is 178 cm³/mol. The lowest BCUT2D eigenvalue weighted by Crippen LogP contribution is -2.59. The molecule has 2 aliphatic heterocycles. The van der Waals surface area contributed by atoms with E-state index in [0.29, 0.717) is 47.9 Å². The van der Waals surface area contributed by atoms with Gasteiger partial charge in [0.25, 0.3) is 0 Å². The molecule has 0 spiro atoms.